The van der Waals surface area contributed by atoms with Gasteiger partial charge in [-0.1, -0.05) is 104 Å². The van der Waals surface area contributed by atoms with E-state index in [2.05, 4.69) is 31.9 Å². The van der Waals surface area contributed by atoms with E-state index in [1.54, 1.807) is 72.8 Å². The molecule has 0 unspecified atom stereocenters. The summed E-state index contributed by atoms with van der Waals surface area (Å²) in [7, 11) is -4.59. The van der Waals surface area contributed by atoms with Crippen molar-refractivity contribution < 1.29 is 18.3 Å². The average molecular weight is 767 g/mol. The normalized spacial score (nSPS) is 12.3. The highest BCUT2D eigenvalue weighted by Crippen LogP contribution is 2.41. The molecule has 4 rings (SSSR count). The van der Waals surface area contributed by atoms with Gasteiger partial charge in [-0.25, -0.2) is 8.42 Å². The van der Waals surface area contributed by atoms with Crippen molar-refractivity contribution >= 4 is 74.7 Å². The molecular weight excluding hydrogens is 747 g/mol. The van der Waals surface area contributed by atoms with Crippen molar-refractivity contribution in [1.29, 1.82) is 0 Å². The van der Waals surface area contributed by atoms with Crippen LogP contribution in [0.3, 0.4) is 0 Å². The number of sulfone groups is 1. The summed E-state index contributed by atoms with van der Waals surface area (Å²) in [6, 6.07) is 23.2. The van der Waals surface area contributed by atoms with E-state index in [1.807, 2.05) is 0 Å². The van der Waals surface area contributed by atoms with Crippen molar-refractivity contribution in [1.82, 2.24) is 0 Å². The lowest BCUT2D eigenvalue weighted by atomic mass is 10.0. The molecule has 0 saturated carbocycles. The summed E-state index contributed by atoms with van der Waals surface area (Å²) in [5.41, 5.74) is 2.57. The van der Waals surface area contributed by atoms with Gasteiger partial charge < -0.3 is 0 Å². The highest BCUT2D eigenvalue weighted by Gasteiger charge is 2.29. The minimum absolute atomic E-state index is 0.135. The molecule has 0 aliphatic heterocycles. The molecule has 0 heterocycles. The summed E-state index contributed by atoms with van der Waals surface area (Å²) >= 11 is 19.8. The summed E-state index contributed by atoms with van der Waals surface area (Å²) < 4.78 is 30.0. The Hall–Kier alpha value is -3.35. The van der Waals surface area contributed by atoms with Gasteiger partial charge in [0.1, 0.15) is 0 Å². The van der Waals surface area contributed by atoms with Gasteiger partial charge in [-0.15, -0.1) is 0 Å². The first-order valence-corrected chi connectivity index (χ1v) is 16.2. The van der Waals surface area contributed by atoms with Crippen molar-refractivity contribution in [3.05, 3.63) is 147 Å². The van der Waals surface area contributed by atoms with Gasteiger partial charge in [0.2, 0.25) is 22.9 Å². The molecule has 0 aliphatic rings. The fraction of sp³-hybridized carbons (Fsp3) is 0.0667. The zero-order valence-electron chi connectivity index (χ0n) is 21.9. The van der Waals surface area contributed by atoms with E-state index in [9.17, 15) is 28.6 Å². The molecule has 0 spiro atoms. The van der Waals surface area contributed by atoms with E-state index in [0.29, 0.717) is 41.2 Å². The van der Waals surface area contributed by atoms with Crippen LogP contribution in [0.2, 0.25) is 10.0 Å². The van der Waals surface area contributed by atoms with Gasteiger partial charge >= 0.3 is 0 Å². The van der Waals surface area contributed by atoms with Crippen LogP contribution in [0.25, 0.3) is 32.1 Å². The quantitative estimate of drug-likeness (QED) is 0.117. The maximum atomic E-state index is 14.4. The number of hydrogen-bond donors (Lipinski definition) is 0. The zero-order chi connectivity index (χ0) is 31.3. The van der Waals surface area contributed by atoms with Crippen LogP contribution in [0.4, 0.5) is 0 Å². The SMILES string of the molecule is O=[N+]([O-])C/C=C(\c1ccc(Br)c(-c2ccccc2Cl)c1)S(=O)(=O)/C(=C/C[N+](=O)[O-])c1ccc(Br)c(-c2ccccc2Cl)c1. The van der Waals surface area contributed by atoms with Crippen molar-refractivity contribution in [3.63, 3.8) is 0 Å². The minimum atomic E-state index is -4.59. The Morgan fingerprint density at radius 1 is 0.651 bits per heavy atom. The molecule has 0 radical (unpaired) electrons. The lowest BCUT2D eigenvalue weighted by Crippen LogP contribution is -2.11. The second-order valence-electron chi connectivity index (χ2n) is 9.02. The predicted molar refractivity (Wildman–Crippen MR) is 178 cm³/mol. The summed E-state index contributed by atoms with van der Waals surface area (Å²) in [5, 5.41) is 23.6. The van der Waals surface area contributed by atoms with Gasteiger partial charge in [0.15, 0.2) is 0 Å². The molecule has 0 aliphatic carbocycles. The highest BCUT2D eigenvalue weighted by atomic mass is 79.9. The Kier molecular flexibility index (Phi) is 10.6. The van der Waals surface area contributed by atoms with E-state index in [-0.39, 0.29) is 20.9 Å². The number of nitrogens with zero attached hydrogens (tertiary/aromatic N) is 2. The van der Waals surface area contributed by atoms with Crippen LogP contribution in [-0.4, -0.2) is 31.4 Å². The number of rotatable bonds is 10. The number of benzene rings is 4. The number of halogens is 4. The summed E-state index contributed by atoms with van der Waals surface area (Å²) in [5.74, 6) is 0. The first-order valence-electron chi connectivity index (χ1n) is 12.4. The molecular formula is C30H20Br2Cl2N2O6S. The zero-order valence-corrected chi connectivity index (χ0v) is 27.4. The summed E-state index contributed by atoms with van der Waals surface area (Å²) in [4.78, 5) is 20.7. The Labute approximate surface area is 274 Å². The third kappa shape index (κ3) is 7.60. The highest BCUT2D eigenvalue weighted by molar-refractivity contribution is 9.11. The van der Waals surface area contributed by atoms with E-state index in [4.69, 9.17) is 23.2 Å². The molecule has 0 bridgehead atoms. The minimum Gasteiger partial charge on any atom is -0.264 e. The van der Waals surface area contributed by atoms with Crippen LogP contribution in [-0.2, 0) is 9.84 Å². The summed E-state index contributed by atoms with van der Waals surface area (Å²) in [6.45, 7) is -1.61. The molecule has 8 nitrogen and oxygen atoms in total. The molecule has 4 aromatic rings. The van der Waals surface area contributed by atoms with Gasteiger partial charge in [0.25, 0.3) is 0 Å². The monoisotopic (exact) mass is 764 g/mol. The lowest BCUT2D eigenvalue weighted by Gasteiger charge is -2.16. The van der Waals surface area contributed by atoms with Crippen LogP contribution in [0.1, 0.15) is 11.1 Å². The van der Waals surface area contributed by atoms with E-state index < -0.39 is 32.8 Å². The molecule has 220 valence electrons. The molecule has 43 heavy (non-hydrogen) atoms. The van der Waals surface area contributed by atoms with Gasteiger partial charge in [0, 0.05) is 52.1 Å². The largest absolute Gasteiger partial charge is 0.264 e. The van der Waals surface area contributed by atoms with Crippen LogP contribution in [0.5, 0.6) is 0 Å². The third-order valence-electron chi connectivity index (χ3n) is 6.26. The van der Waals surface area contributed by atoms with Gasteiger partial charge in [-0.3, -0.25) is 20.2 Å². The summed E-state index contributed by atoms with van der Waals surface area (Å²) in [6.07, 6.45) is 1.98. The van der Waals surface area contributed by atoms with E-state index in [1.165, 1.54) is 12.1 Å². The number of hydrogen-bond acceptors (Lipinski definition) is 6. The molecule has 13 heteroatoms. The van der Waals surface area contributed by atoms with Crippen molar-refractivity contribution in [2.24, 2.45) is 0 Å². The third-order valence-corrected chi connectivity index (χ3v) is 10.3. The van der Waals surface area contributed by atoms with Crippen LogP contribution in [0.15, 0.2) is 106 Å². The maximum Gasteiger partial charge on any atom is 0.223 e. The Morgan fingerprint density at radius 2 is 1.02 bits per heavy atom. The van der Waals surface area contributed by atoms with Crippen molar-refractivity contribution in [2.75, 3.05) is 13.1 Å². The Balaban J connectivity index is 1.95. The first kappa shape index (κ1) is 32.6. The average Bonchev–Trinajstić information content (AvgIpc) is 2.95. The fourth-order valence-electron chi connectivity index (χ4n) is 4.33. The van der Waals surface area contributed by atoms with Crippen molar-refractivity contribution in [3.8, 4) is 22.3 Å². The van der Waals surface area contributed by atoms with Crippen molar-refractivity contribution in [2.45, 2.75) is 0 Å². The standard InChI is InChI=1S/C30H20Br2Cl2N2O6S/c31-25-11-9-19(17-23(25)21-5-1-3-7-27(21)33)29(13-15-35(37)38)43(41,42)30(14-16-36(39)40)20-10-12-26(32)24(18-20)22-6-2-4-8-28(22)34/h1-14,17-18H,15-16H2/b29-13+,30-14+. The number of nitro groups is 2. The van der Waals surface area contributed by atoms with Crippen LogP contribution in [0, 0.1) is 20.2 Å². The van der Waals surface area contributed by atoms with Gasteiger partial charge in [-0.2, -0.15) is 0 Å². The predicted octanol–water partition coefficient (Wildman–Crippen LogP) is 9.20. The molecule has 0 fully saturated rings. The maximum absolute atomic E-state index is 14.4. The smallest absolute Gasteiger partial charge is 0.223 e. The van der Waals surface area contributed by atoms with Crippen LogP contribution < -0.4 is 0 Å². The lowest BCUT2D eigenvalue weighted by molar-refractivity contribution is -0.468. The Morgan fingerprint density at radius 3 is 1.37 bits per heavy atom. The van der Waals surface area contributed by atoms with Crippen LogP contribution >= 0.6 is 55.1 Å². The molecule has 4 aromatic carbocycles. The van der Waals surface area contributed by atoms with E-state index in [0.717, 1.165) is 12.2 Å². The van der Waals surface area contributed by atoms with E-state index >= 15 is 0 Å². The van der Waals surface area contributed by atoms with Gasteiger partial charge in [-0.05, 0) is 58.7 Å². The molecule has 0 N–H and O–H groups in total. The molecule has 0 atom stereocenters. The second kappa shape index (κ2) is 14.0. The molecule has 0 aromatic heterocycles. The topological polar surface area (TPSA) is 120 Å². The molecule has 0 saturated heterocycles. The van der Waals surface area contributed by atoms with Gasteiger partial charge in [0.05, 0.1) is 9.81 Å². The second-order valence-corrected chi connectivity index (χ2v) is 13.4. The first-order chi connectivity index (χ1) is 20.4. The Bertz CT molecular complexity index is 1780. The fourth-order valence-corrected chi connectivity index (χ4v) is 7.42. The molecule has 0 amide bonds.